The Morgan fingerprint density at radius 1 is 0.938 bits per heavy atom. The minimum atomic E-state index is -0.328. The van der Waals surface area contributed by atoms with Crippen molar-refractivity contribution in [2.24, 2.45) is 11.5 Å². The topological polar surface area (TPSA) is 101 Å². The van der Waals surface area contributed by atoms with Gasteiger partial charge >= 0.3 is 5.97 Å². The van der Waals surface area contributed by atoms with Crippen molar-refractivity contribution in [1.29, 1.82) is 0 Å². The van der Waals surface area contributed by atoms with E-state index in [1.54, 1.807) is 6.26 Å². The van der Waals surface area contributed by atoms with E-state index in [-0.39, 0.29) is 12.4 Å². The Balaban J connectivity index is 1.65. The summed E-state index contributed by atoms with van der Waals surface area (Å²) < 4.78 is 16.7. The second kappa shape index (κ2) is 9.68. The van der Waals surface area contributed by atoms with Gasteiger partial charge in [0.1, 0.15) is 17.9 Å². The Labute approximate surface area is 186 Å². The van der Waals surface area contributed by atoms with E-state index in [1.165, 1.54) is 7.11 Å². The average Bonchev–Trinajstić information content (AvgIpc) is 3.31. The molecule has 0 atom stereocenters. The minimum Gasteiger partial charge on any atom is -0.489 e. The lowest BCUT2D eigenvalue weighted by Crippen LogP contribution is -2.08. The van der Waals surface area contributed by atoms with Crippen LogP contribution in [-0.4, -0.2) is 13.1 Å². The van der Waals surface area contributed by atoms with Crippen molar-refractivity contribution in [2.45, 2.75) is 26.1 Å². The van der Waals surface area contributed by atoms with Crippen LogP contribution in [0, 0.1) is 0 Å². The molecule has 0 bridgehead atoms. The van der Waals surface area contributed by atoms with Gasteiger partial charge < -0.3 is 25.4 Å². The summed E-state index contributed by atoms with van der Waals surface area (Å²) >= 11 is 0. The van der Waals surface area contributed by atoms with Crippen LogP contribution >= 0.6 is 0 Å². The largest absolute Gasteiger partial charge is 0.489 e. The Morgan fingerprint density at radius 3 is 2.53 bits per heavy atom. The summed E-state index contributed by atoms with van der Waals surface area (Å²) in [5.41, 5.74) is 18.1. The van der Waals surface area contributed by atoms with E-state index >= 15 is 0 Å². The summed E-state index contributed by atoms with van der Waals surface area (Å²) in [7, 11) is 1.37. The normalized spacial score (nSPS) is 11.0. The maximum Gasteiger partial charge on any atom is 0.310 e. The average molecular weight is 431 g/mol. The highest BCUT2D eigenvalue weighted by atomic mass is 16.5. The van der Waals surface area contributed by atoms with E-state index in [2.05, 4.69) is 12.1 Å². The van der Waals surface area contributed by atoms with Gasteiger partial charge in [0.05, 0.1) is 19.8 Å². The summed E-state index contributed by atoms with van der Waals surface area (Å²) in [4.78, 5) is 11.8. The number of rotatable bonds is 8. The number of carbonyl (C=O) groups excluding carboxylic acids is 1. The van der Waals surface area contributed by atoms with Crippen molar-refractivity contribution in [3.63, 3.8) is 0 Å². The second-order valence-corrected chi connectivity index (χ2v) is 7.57. The molecule has 0 aliphatic rings. The van der Waals surface area contributed by atoms with Gasteiger partial charge in [0, 0.05) is 29.6 Å². The van der Waals surface area contributed by atoms with Crippen molar-refractivity contribution in [1.82, 2.24) is 0 Å². The Bertz CT molecular complexity index is 1250. The van der Waals surface area contributed by atoms with E-state index < -0.39 is 0 Å². The highest BCUT2D eigenvalue weighted by Crippen LogP contribution is 2.32. The number of furan rings is 1. The van der Waals surface area contributed by atoms with Crippen LogP contribution in [0.3, 0.4) is 0 Å². The van der Waals surface area contributed by atoms with Gasteiger partial charge in [-0.2, -0.15) is 0 Å². The second-order valence-electron chi connectivity index (χ2n) is 7.57. The molecule has 0 amide bonds. The maximum absolute atomic E-state index is 11.8. The van der Waals surface area contributed by atoms with Gasteiger partial charge in [0.15, 0.2) is 0 Å². The van der Waals surface area contributed by atoms with Gasteiger partial charge in [-0.3, -0.25) is 4.79 Å². The molecule has 3 aromatic carbocycles. The number of esters is 1. The molecule has 1 heterocycles. The fourth-order valence-electron chi connectivity index (χ4n) is 3.74. The number of hydrogen-bond donors (Lipinski definition) is 2. The highest BCUT2D eigenvalue weighted by Gasteiger charge is 2.13. The van der Waals surface area contributed by atoms with Crippen LogP contribution in [-0.2, 0) is 35.6 Å². The van der Waals surface area contributed by atoms with Crippen LogP contribution in [0.15, 0.2) is 71.3 Å². The summed E-state index contributed by atoms with van der Waals surface area (Å²) in [6, 6.07) is 19.8. The molecular formula is C26H26N2O4. The molecule has 4 N–H and O–H groups in total. The van der Waals surface area contributed by atoms with Gasteiger partial charge in [-0.1, -0.05) is 30.3 Å². The van der Waals surface area contributed by atoms with Crippen LogP contribution in [0.25, 0.3) is 22.1 Å². The molecule has 1 aromatic heterocycles. The number of hydrogen-bond acceptors (Lipinski definition) is 6. The molecule has 4 rings (SSSR count). The Hall–Kier alpha value is -3.61. The van der Waals surface area contributed by atoms with E-state index in [0.717, 1.165) is 44.3 Å². The van der Waals surface area contributed by atoms with Gasteiger partial charge in [-0.25, -0.2) is 0 Å². The summed E-state index contributed by atoms with van der Waals surface area (Å²) in [5.74, 6) is 0.303. The molecule has 0 spiro atoms. The van der Waals surface area contributed by atoms with Crippen molar-refractivity contribution in [3.8, 4) is 16.9 Å². The van der Waals surface area contributed by atoms with Gasteiger partial charge in [-0.05, 0) is 52.6 Å². The van der Waals surface area contributed by atoms with Crippen molar-refractivity contribution >= 4 is 16.9 Å². The fraction of sp³-hybridized carbons (Fsp3) is 0.192. The first kappa shape index (κ1) is 21.6. The van der Waals surface area contributed by atoms with Crippen LogP contribution < -0.4 is 16.2 Å². The number of fused-ring (bicyclic) bond motifs is 1. The van der Waals surface area contributed by atoms with Crippen molar-refractivity contribution < 1.29 is 18.7 Å². The monoisotopic (exact) mass is 430 g/mol. The van der Waals surface area contributed by atoms with Crippen LogP contribution in [0.2, 0.25) is 0 Å². The summed E-state index contributed by atoms with van der Waals surface area (Å²) in [6.07, 6.45) is 1.81. The molecule has 32 heavy (non-hydrogen) atoms. The quantitative estimate of drug-likeness (QED) is 0.404. The number of benzene rings is 3. The zero-order valence-corrected chi connectivity index (χ0v) is 18.0. The van der Waals surface area contributed by atoms with E-state index in [4.69, 9.17) is 25.4 Å². The van der Waals surface area contributed by atoms with E-state index in [1.807, 2.05) is 48.5 Å². The van der Waals surface area contributed by atoms with Crippen LogP contribution in [0.4, 0.5) is 0 Å². The molecular weight excluding hydrogens is 404 g/mol. The van der Waals surface area contributed by atoms with Gasteiger partial charge in [0.2, 0.25) is 0 Å². The van der Waals surface area contributed by atoms with E-state index in [9.17, 15) is 4.79 Å². The lowest BCUT2D eigenvalue weighted by Gasteiger charge is -2.14. The number of ether oxygens (including phenoxy) is 2. The third-order valence-electron chi connectivity index (χ3n) is 5.40. The lowest BCUT2D eigenvalue weighted by molar-refractivity contribution is -0.139. The standard InChI is InChI=1S/C26H26N2O4/c1-30-25(29)13-22-10-18(15-28)5-6-24(22)32-16-19-11-21-7-8-31-26(21)23(12-19)20-4-2-3-17(9-20)14-27/h2-12H,13-16,27-28H2,1H3. The predicted octanol–water partition coefficient (Wildman–Crippen LogP) is 4.31. The predicted molar refractivity (Wildman–Crippen MR) is 124 cm³/mol. The molecule has 0 saturated carbocycles. The van der Waals surface area contributed by atoms with Gasteiger partial charge in [0.25, 0.3) is 0 Å². The molecule has 6 heteroatoms. The zero-order chi connectivity index (χ0) is 22.5. The molecule has 0 aliphatic heterocycles. The Kier molecular flexibility index (Phi) is 6.54. The van der Waals surface area contributed by atoms with Gasteiger partial charge in [-0.15, -0.1) is 0 Å². The molecule has 4 aromatic rings. The van der Waals surface area contributed by atoms with Crippen LogP contribution in [0.1, 0.15) is 22.3 Å². The van der Waals surface area contributed by atoms with Crippen molar-refractivity contribution in [2.75, 3.05) is 7.11 Å². The smallest absolute Gasteiger partial charge is 0.310 e. The third kappa shape index (κ3) is 4.66. The number of carbonyl (C=O) groups is 1. The summed E-state index contributed by atoms with van der Waals surface area (Å²) in [6.45, 7) is 1.19. The first-order chi connectivity index (χ1) is 15.6. The summed E-state index contributed by atoms with van der Waals surface area (Å²) in [5, 5.41) is 0.993. The molecule has 0 fully saturated rings. The molecule has 0 aliphatic carbocycles. The molecule has 164 valence electrons. The lowest BCUT2D eigenvalue weighted by atomic mass is 9.99. The van der Waals surface area contributed by atoms with E-state index in [0.29, 0.717) is 25.4 Å². The zero-order valence-electron chi connectivity index (χ0n) is 18.0. The maximum atomic E-state index is 11.8. The van der Waals surface area contributed by atoms with Crippen molar-refractivity contribution in [3.05, 3.63) is 89.2 Å². The molecule has 0 radical (unpaired) electrons. The Morgan fingerprint density at radius 2 is 1.75 bits per heavy atom. The first-order valence-electron chi connectivity index (χ1n) is 10.4. The molecule has 0 saturated heterocycles. The molecule has 0 unspecified atom stereocenters. The fourth-order valence-corrected chi connectivity index (χ4v) is 3.74. The first-order valence-corrected chi connectivity index (χ1v) is 10.4. The third-order valence-corrected chi connectivity index (χ3v) is 5.40. The number of nitrogens with two attached hydrogens (primary N) is 2. The molecule has 6 nitrogen and oxygen atoms in total. The SMILES string of the molecule is COC(=O)Cc1cc(CN)ccc1OCc1cc(-c2cccc(CN)c2)c2occc2c1. The van der Waals surface area contributed by atoms with Crippen LogP contribution in [0.5, 0.6) is 5.75 Å². The number of methoxy groups -OCH3 is 1. The highest BCUT2D eigenvalue weighted by molar-refractivity contribution is 5.93. The minimum absolute atomic E-state index is 0.123.